The van der Waals surface area contributed by atoms with Crippen LogP contribution in [0.1, 0.15) is 26.1 Å². The molecule has 1 atom stereocenters. The SMILES string of the molecule is CCCNc1nc(CN(C)C(C)CO)nc2c1cnn2C. The zero-order chi connectivity index (χ0) is 15.4. The van der Waals surface area contributed by atoms with Gasteiger partial charge in [0.05, 0.1) is 24.7 Å². The van der Waals surface area contributed by atoms with Gasteiger partial charge < -0.3 is 10.4 Å². The molecule has 0 fully saturated rings. The summed E-state index contributed by atoms with van der Waals surface area (Å²) >= 11 is 0. The van der Waals surface area contributed by atoms with E-state index in [1.807, 2.05) is 25.9 Å². The molecule has 0 aliphatic carbocycles. The van der Waals surface area contributed by atoms with Crippen molar-refractivity contribution in [1.82, 2.24) is 24.6 Å². The van der Waals surface area contributed by atoms with Crippen molar-refractivity contribution in [2.24, 2.45) is 7.05 Å². The second-order valence-electron chi connectivity index (χ2n) is 5.37. The van der Waals surface area contributed by atoms with Gasteiger partial charge in [-0.2, -0.15) is 5.10 Å². The van der Waals surface area contributed by atoms with Gasteiger partial charge in [0.2, 0.25) is 0 Å². The maximum Gasteiger partial charge on any atom is 0.163 e. The van der Waals surface area contributed by atoms with E-state index in [0.29, 0.717) is 6.54 Å². The molecule has 2 N–H and O–H groups in total. The number of aliphatic hydroxyl groups excluding tert-OH is 1. The van der Waals surface area contributed by atoms with Crippen molar-refractivity contribution in [3.63, 3.8) is 0 Å². The number of hydrogen-bond acceptors (Lipinski definition) is 6. The van der Waals surface area contributed by atoms with E-state index < -0.39 is 0 Å². The van der Waals surface area contributed by atoms with Crippen molar-refractivity contribution in [2.45, 2.75) is 32.9 Å². The Morgan fingerprint density at radius 2 is 2.19 bits per heavy atom. The van der Waals surface area contributed by atoms with Crippen LogP contribution in [0.4, 0.5) is 5.82 Å². The molecule has 0 aromatic carbocycles. The highest BCUT2D eigenvalue weighted by Crippen LogP contribution is 2.20. The lowest BCUT2D eigenvalue weighted by molar-refractivity contribution is 0.151. The molecule has 0 saturated heterocycles. The molecule has 2 aromatic heterocycles. The zero-order valence-electron chi connectivity index (χ0n) is 13.2. The highest BCUT2D eigenvalue weighted by Gasteiger charge is 2.14. The summed E-state index contributed by atoms with van der Waals surface area (Å²) in [5.74, 6) is 1.56. The van der Waals surface area contributed by atoms with Gasteiger partial charge in [-0.05, 0) is 20.4 Å². The van der Waals surface area contributed by atoms with Gasteiger partial charge in [0.25, 0.3) is 0 Å². The molecule has 0 spiro atoms. The van der Waals surface area contributed by atoms with Gasteiger partial charge in [-0.25, -0.2) is 9.97 Å². The Balaban J connectivity index is 2.33. The Bertz CT molecular complexity index is 596. The molecule has 0 radical (unpaired) electrons. The average Bonchev–Trinajstić information content (AvgIpc) is 2.85. The summed E-state index contributed by atoms with van der Waals surface area (Å²) in [5, 5.41) is 17.8. The molecule has 2 aromatic rings. The van der Waals surface area contributed by atoms with Crippen molar-refractivity contribution in [1.29, 1.82) is 0 Å². The van der Waals surface area contributed by atoms with Crippen molar-refractivity contribution in [3.8, 4) is 0 Å². The van der Waals surface area contributed by atoms with E-state index >= 15 is 0 Å². The molecule has 0 bridgehead atoms. The third kappa shape index (κ3) is 3.48. The standard InChI is InChI=1S/C14H24N6O/c1-5-6-15-13-11-7-16-20(4)14(11)18-12(17-13)8-19(3)10(2)9-21/h7,10,21H,5-6,8-9H2,1-4H3,(H,15,17,18). The Morgan fingerprint density at radius 1 is 1.43 bits per heavy atom. The minimum absolute atomic E-state index is 0.0721. The zero-order valence-corrected chi connectivity index (χ0v) is 13.2. The van der Waals surface area contributed by atoms with Gasteiger partial charge in [-0.3, -0.25) is 9.58 Å². The number of aromatic nitrogens is 4. The number of likely N-dealkylation sites (N-methyl/N-ethyl adjacent to an activating group) is 1. The van der Waals surface area contributed by atoms with Gasteiger partial charge in [0.15, 0.2) is 5.65 Å². The predicted octanol–water partition coefficient (Wildman–Crippen LogP) is 0.998. The second kappa shape index (κ2) is 6.82. The number of nitrogens with one attached hydrogen (secondary N) is 1. The first-order chi connectivity index (χ1) is 10.1. The normalized spacial score (nSPS) is 13.0. The van der Waals surface area contributed by atoms with E-state index in [1.54, 1.807) is 10.9 Å². The Labute approximate surface area is 125 Å². The van der Waals surface area contributed by atoms with Crippen molar-refractivity contribution >= 4 is 16.9 Å². The first-order valence-electron chi connectivity index (χ1n) is 7.30. The lowest BCUT2D eigenvalue weighted by Gasteiger charge is -2.22. The molecule has 21 heavy (non-hydrogen) atoms. The van der Waals surface area contributed by atoms with Crippen LogP contribution >= 0.6 is 0 Å². The first kappa shape index (κ1) is 15.7. The molecule has 7 nitrogen and oxygen atoms in total. The molecule has 0 amide bonds. The number of aliphatic hydroxyl groups is 1. The molecule has 0 aliphatic rings. The van der Waals surface area contributed by atoms with Gasteiger partial charge in [0.1, 0.15) is 11.6 Å². The summed E-state index contributed by atoms with van der Waals surface area (Å²) < 4.78 is 1.76. The van der Waals surface area contributed by atoms with Crippen LogP contribution < -0.4 is 5.32 Å². The molecule has 0 aliphatic heterocycles. The van der Waals surface area contributed by atoms with Crippen LogP contribution in [0.5, 0.6) is 0 Å². The van der Waals surface area contributed by atoms with Crippen LogP contribution in [0.3, 0.4) is 0 Å². The quantitative estimate of drug-likeness (QED) is 0.792. The van der Waals surface area contributed by atoms with E-state index in [2.05, 4.69) is 27.3 Å². The lowest BCUT2D eigenvalue weighted by Crippen LogP contribution is -2.32. The van der Waals surface area contributed by atoms with Crippen LogP contribution in [0.2, 0.25) is 0 Å². The highest BCUT2D eigenvalue weighted by molar-refractivity contribution is 5.86. The molecule has 7 heteroatoms. The summed E-state index contributed by atoms with van der Waals surface area (Å²) in [7, 11) is 3.83. The van der Waals surface area contributed by atoms with Gasteiger partial charge in [-0.1, -0.05) is 6.92 Å². The van der Waals surface area contributed by atoms with Crippen LogP contribution in [0, 0.1) is 0 Å². The third-order valence-electron chi connectivity index (χ3n) is 3.59. The van der Waals surface area contributed by atoms with Gasteiger partial charge in [-0.15, -0.1) is 0 Å². The lowest BCUT2D eigenvalue weighted by atomic mass is 10.3. The molecule has 116 valence electrons. The van der Waals surface area contributed by atoms with Crippen molar-refractivity contribution in [3.05, 3.63) is 12.0 Å². The fourth-order valence-electron chi connectivity index (χ4n) is 2.03. The summed E-state index contributed by atoms with van der Waals surface area (Å²) in [6, 6.07) is 0.0721. The number of fused-ring (bicyclic) bond motifs is 1. The minimum Gasteiger partial charge on any atom is -0.395 e. The highest BCUT2D eigenvalue weighted by atomic mass is 16.3. The monoisotopic (exact) mass is 292 g/mol. The molecule has 1 unspecified atom stereocenters. The molecule has 0 saturated carbocycles. The largest absolute Gasteiger partial charge is 0.395 e. The third-order valence-corrected chi connectivity index (χ3v) is 3.59. The van der Waals surface area contributed by atoms with E-state index in [-0.39, 0.29) is 12.6 Å². The molecule has 2 heterocycles. The van der Waals surface area contributed by atoms with E-state index in [4.69, 9.17) is 0 Å². The van der Waals surface area contributed by atoms with E-state index in [0.717, 1.165) is 35.6 Å². The van der Waals surface area contributed by atoms with E-state index in [1.165, 1.54) is 0 Å². The van der Waals surface area contributed by atoms with Gasteiger partial charge in [0, 0.05) is 19.6 Å². The number of anilines is 1. The number of nitrogens with zero attached hydrogens (tertiary/aromatic N) is 5. The smallest absolute Gasteiger partial charge is 0.163 e. The topological polar surface area (TPSA) is 79.1 Å². The number of aryl methyl sites for hydroxylation is 1. The first-order valence-corrected chi connectivity index (χ1v) is 7.30. The Morgan fingerprint density at radius 3 is 2.86 bits per heavy atom. The van der Waals surface area contributed by atoms with Crippen LogP contribution in [0.25, 0.3) is 11.0 Å². The number of hydrogen-bond donors (Lipinski definition) is 2. The molecular weight excluding hydrogens is 268 g/mol. The maximum atomic E-state index is 9.23. The Hall–Kier alpha value is -1.73. The summed E-state index contributed by atoms with van der Waals surface area (Å²) in [6.07, 6.45) is 2.82. The fourth-order valence-corrected chi connectivity index (χ4v) is 2.03. The molecular formula is C14H24N6O. The summed E-state index contributed by atoms with van der Waals surface area (Å²) in [4.78, 5) is 11.2. The minimum atomic E-state index is 0.0721. The van der Waals surface area contributed by atoms with E-state index in [9.17, 15) is 5.11 Å². The second-order valence-corrected chi connectivity index (χ2v) is 5.37. The van der Waals surface area contributed by atoms with Crippen LogP contribution in [-0.2, 0) is 13.6 Å². The predicted molar refractivity (Wildman–Crippen MR) is 83.1 cm³/mol. The molecule has 2 rings (SSSR count). The maximum absolute atomic E-state index is 9.23. The summed E-state index contributed by atoms with van der Waals surface area (Å²) in [6.45, 7) is 5.66. The van der Waals surface area contributed by atoms with Crippen molar-refractivity contribution in [2.75, 3.05) is 25.5 Å². The van der Waals surface area contributed by atoms with Gasteiger partial charge >= 0.3 is 0 Å². The van der Waals surface area contributed by atoms with Crippen LogP contribution in [0.15, 0.2) is 6.20 Å². The number of rotatable bonds is 7. The van der Waals surface area contributed by atoms with Crippen molar-refractivity contribution < 1.29 is 5.11 Å². The Kier molecular flexibility index (Phi) is 5.08. The fraction of sp³-hybridized carbons (Fsp3) is 0.643. The van der Waals surface area contributed by atoms with Crippen LogP contribution in [-0.4, -0.2) is 56.0 Å². The average molecular weight is 292 g/mol. The summed E-state index contributed by atoms with van der Waals surface area (Å²) in [5.41, 5.74) is 0.823.